The Morgan fingerprint density at radius 3 is 2.47 bits per heavy atom. The third-order valence-corrected chi connectivity index (χ3v) is 4.44. The highest BCUT2D eigenvalue weighted by atomic mass is 16.5. The van der Waals surface area contributed by atoms with Gasteiger partial charge in [-0.05, 0) is 54.1 Å². The van der Waals surface area contributed by atoms with Gasteiger partial charge in [-0.3, -0.25) is 14.7 Å². The maximum absolute atomic E-state index is 12.0. The number of carbonyl (C=O) groups excluding carboxylic acids is 1. The largest absolute Gasteiger partial charge is 0.457 e. The van der Waals surface area contributed by atoms with Crippen LogP contribution in [0.4, 0.5) is 17.2 Å². The second-order valence-electron chi connectivity index (χ2n) is 6.47. The van der Waals surface area contributed by atoms with E-state index in [-0.39, 0.29) is 0 Å². The number of aromatic nitrogens is 2. The minimum atomic E-state index is 0.566. The predicted molar refractivity (Wildman–Crippen MR) is 117 cm³/mol. The lowest BCUT2D eigenvalue weighted by Crippen LogP contribution is -2.17. The molecule has 6 heteroatoms. The molecule has 4 rings (SSSR count). The molecule has 2 aromatic carbocycles. The van der Waals surface area contributed by atoms with Crippen LogP contribution in [0.15, 0.2) is 97.5 Å². The maximum Gasteiger partial charge on any atom is 0.218 e. The molecule has 1 N–H and O–H groups in total. The minimum Gasteiger partial charge on any atom is -0.457 e. The molecule has 30 heavy (non-hydrogen) atoms. The van der Waals surface area contributed by atoms with Crippen LogP contribution >= 0.6 is 0 Å². The number of hydrogen-bond donors (Lipinski definition) is 1. The number of carbonyl (C=O) groups is 1. The maximum atomic E-state index is 12.0. The van der Waals surface area contributed by atoms with E-state index in [4.69, 9.17) is 4.74 Å². The number of amides is 1. The molecule has 0 saturated carbocycles. The second-order valence-corrected chi connectivity index (χ2v) is 6.47. The normalized spacial score (nSPS) is 10.3. The highest BCUT2D eigenvalue weighted by Gasteiger charge is 2.14. The first-order chi connectivity index (χ1) is 14.8. The zero-order valence-electron chi connectivity index (χ0n) is 16.2. The van der Waals surface area contributed by atoms with Crippen LogP contribution in [0.1, 0.15) is 5.56 Å². The Bertz CT molecular complexity index is 1100. The van der Waals surface area contributed by atoms with Gasteiger partial charge in [0.15, 0.2) is 5.82 Å². The van der Waals surface area contributed by atoms with Gasteiger partial charge in [-0.2, -0.15) is 0 Å². The molecule has 0 unspecified atom stereocenters. The zero-order chi connectivity index (χ0) is 20.6. The average molecular weight is 396 g/mol. The Balaban J connectivity index is 1.58. The molecular formula is C24H20N4O2. The summed E-state index contributed by atoms with van der Waals surface area (Å²) >= 11 is 0. The van der Waals surface area contributed by atoms with Gasteiger partial charge in [0, 0.05) is 31.2 Å². The third kappa shape index (κ3) is 4.62. The molecule has 0 radical (unpaired) electrons. The molecule has 0 fully saturated rings. The van der Waals surface area contributed by atoms with Crippen LogP contribution in [0.3, 0.4) is 0 Å². The Hall–Kier alpha value is -4.19. The van der Waals surface area contributed by atoms with E-state index in [0.29, 0.717) is 29.5 Å². The van der Waals surface area contributed by atoms with E-state index in [9.17, 15) is 4.79 Å². The Morgan fingerprint density at radius 2 is 1.67 bits per heavy atom. The van der Waals surface area contributed by atoms with Gasteiger partial charge in [0.1, 0.15) is 11.5 Å². The molecule has 0 aliphatic heterocycles. The van der Waals surface area contributed by atoms with Crippen molar-refractivity contribution in [2.24, 2.45) is 0 Å². The molecule has 0 aliphatic rings. The van der Waals surface area contributed by atoms with Crippen molar-refractivity contribution >= 4 is 23.6 Å². The van der Waals surface area contributed by atoms with Crippen LogP contribution in [0.25, 0.3) is 0 Å². The molecule has 0 aliphatic carbocycles. The van der Waals surface area contributed by atoms with E-state index in [1.54, 1.807) is 29.6 Å². The van der Waals surface area contributed by atoms with Gasteiger partial charge in [0.2, 0.25) is 6.41 Å². The fourth-order valence-corrected chi connectivity index (χ4v) is 2.99. The smallest absolute Gasteiger partial charge is 0.218 e. The number of anilines is 3. The van der Waals surface area contributed by atoms with Crippen LogP contribution in [0.5, 0.6) is 11.5 Å². The van der Waals surface area contributed by atoms with Gasteiger partial charge < -0.3 is 10.1 Å². The van der Waals surface area contributed by atoms with Crippen LogP contribution in [0.2, 0.25) is 0 Å². The number of pyridine rings is 2. The van der Waals surface area contributed by atoms with Crippen molar-refractivity contribution in [2.75, 3.05) is 10.2 Å². The minimum absolute atomic E-state index is 0.566. The summed E-state index contributed by atoms with van der Waals surface area (Å²) in [6.45, 7) is 0.566. The molecule has 1 amide bonds. The Labute approximate surface area is 174 Å². The first-order valence-electron chi connectivity index (χ1n) is 9.49. The summed E-state index contributed by atoms with van der Waals surface area (Å²) in [5.41, 5.74) is 2.40. The number of para-hydroxylation sites is 1. The molecular weight excluding hydrogens is 376 g/mol. The lowest BCUT2D eigenvalue weighted by Gasteiger charge is -2.21. The second kappa shape index (κ2) is 9.34. The summed E-state index contributed by atoms with van der Waals surface area (Å²) in [7, 11) is 0. The lowest BCUT2D eigenvalue weighted by molar-refractivity contribution is -0.106. The van der Waals surface area contributed by atoms with E-state index in [1.807, 2.05) is 72.8 Å². The highest BCUT2D eigenvalue weighted by molar-refractivity contribution is 5.91. The quantitative estimate of drug-likeness (QED) is 0.416. The standard InChI is InChI=1S/C24H20N4O2/c29-18-28(20-6-4-9-22(16-20)30-21-7-2-1-3-8-21)23-10-5-13-26-24(23)27-17-19-11-14-25-15-12-19/h1-16,18H,17H2,(H,26,27). The third-order valence-electron chi connectivity index (χ3n) is 4.44. The monoisotopic (exact) mass is 396 g/mol. The molecule has 4 aromatic rings. The van der Waals surface area contributed by atoms with E-state index >= 15 is 0 Å². The molecule has 2 aromatic heterocycles. The van der Waals surface area contributed by atoms with Crippen LogP contribution < -0.4 is 15.0 Å². The summed E-state index contributed by atoms with van der Waals surface area (Å²) in [6, 6.07) is 24.4. The fourth-order valence-electron chi connectivity index (χ4n) is 2.99. The van der Waals surface area contributed by atoms with Gasteiger partial charge in [0.05, 0.1) is 11.4 Å². The molecule has 0 bridgehead atoms. The average Bonchev–Trinajstić information content (AvgIpc) is 2.81. The summed E-state index contributed by atoms with van der Waals surface area (Å²) in [5.74, 6) is 1.98. The van der Waals surface area contributed by atoms with Gasteiger partial charge in [-0.1, -0.05) is 24.3 Å². The van der Waals surface area contributed by atoms with Crippen LogP contribution in [-0.4, -0.2) is 16.4 Å². The number of benzene rings is 2. The highest BCUT2D eigenvalue weighted by Crippen LogP contribution is 2.32. The van der Waals surface area contributed by atoms with Crippen LogP contribution in [0, 0.1) is 0 Å². The topological polar surface area (TPSA) is 67.4 Å². The summed E-state index contributed by atoms with van der Waals surface area (Å²) in [5, 5.41) is 3.30. The fraction of sp³-hybridized carbons (Fsp3) is 0.0417. The van der Waals surface area contributed by atoms with Gasteiger partial charge in [-0.15, -0.1) is 0 Å². The molecule has 0 atom stereocenters. The summed E-state index contributed by atoms with van der Waals surface area (Å²) < 4.78 is 5.91. The summed E-state index contributed by atoms with van der Waals surface area (Å²) in [6.07, 6.45) is 5.95. The zero-order valence-corrected chi connectivity index (χ0v) is 16.2. The van der Waals surface area contributed by atoms with Gasteiger partial charge in [0.25, 0.3) is 0 Å². The molecule has 6 nitrogen and oxygen atoms in total. The number of hydrogen-bond acceptors (Lipinski definition) is 5. The molecule has 2 heterocycles. The molecule has 148 valence electrons. The van der Waals surface area contributed by atoms with Gasteiger partial charge in [-0.25, -0.2) is 4.98 Å². The Kier molecular flexibility index (Phi) is 5.96. The predicted octanol–water partition coefficient (Wildman–Crippen LogP) is 5.18. The SMILES string of the molecule is O=CN(c1cccc(Oc2ccccc2)c1)c1cccnc1NCc1ccncc1. The van der Waals surface area contributed by atoms with Crippen molar-refractivity contribution in [1.82, 2.24) is 9.97 Å². The van der Waals surface area contributed by atoms with E-state index in [2.05, 4.69) is 15.3 Å². The number of rotatable bonds is 8. The van der Waals surface area contributed by atoms with Gasteiger partial charge >= 0.3 is 0 Å². The van der Waals surface area contributed by atoms with Crippen molar-refractivity contribution in [2.45, 2.75) is 6.54 Å². The van der Waals surface area contributed by atoms with Crippen LogP contribution in [-0.2, 0) is 11.3 Å². The first kappa shape index (κ1) is 19.1. The number of ether oxygens (including phenoxy) is 1. The Morgan fingerprint density at radius 1 is 0.867 bits per heavy atom. The number of nitrogens with one attached hydrogen (secondary N) is 1. The van der Waals surface area contributed by atoms with E-state index in [0.717, 1.165) is 17.7 Å². The van der Waals surface area contributed by atoms with Crippen molar-refractivity contribution < 1.29 is 9.53 Å². The van der Waals surface area contributed by atoms with E-state index < -0.39 is 0 Å². The first-order valence-corrected chi connectivity index (χ1v) is 9.49. The van der Waals surface area contributed by atoms with Crippen molar-refractivity contribution in [3.05, 3.63) is 103 Å². The number of nitrogens with zero attached hydrogens (tertiary/aromatic N) is 3. The van der Waals surface area contributed by atoms with E-state index in [1.165, 1.54) is 0 Å². The summed E-state index contributed by atoms with van der Waals surface area (Å²) in [4.78, 5) is 22.0. The van der Waals surface area contributed by atoms with Crippen molar-refractivity contribution in [3.63, 3.8) is 0 Å². The molecule has 0 spiro atoms. The van der Waals surface area contributed by atoms with Crippen molar-refractivity contribution in [1.29, 1.82) is 0 Å². The van der Waals surface area contributed by atoms with Crippen molar-refractivity contribution in [3.8, 4) is 11.5 Å². The molecule has 0 saturated heterocycles. The lowest BCUT2D eigenvalue weighted by atomic mass is 10.2.